The maximum Gasteiger partial charge on any atom is 0.0234 e. The standard InChI is InChI=1S/C20H32N2/c1-2-17-12-20(21-13-18-8-6-7-9-18)16-22(14-17)15-19-10-4-3-5-11-19/h3-5,10-11,17-18,20-21H,2,6-9,12-16H2,1H3. The van der Waals surface area contributed by atoms with Crippen molar-refractivity contribution >= 4 is 0 Å². The van der Waals surface area contributed by atoms with Gasteiger partial charge in [-0.3, -0.25) is 4.90 Å². The number of rotatable bonds is 6. The molecule has 0 spiro atoms. The van der Waals surface area contributed by atoms with E-state index in [0.717, 1.165) is 18.4 Å². The molecule has 2 unspecified atom stereocenters. The number of nitrogens with one attached hydrogen (secondary N) is 1. The molecule has 1 N–H and O–H groups in total. The van der Waals surface area contributed by atoms with Gasteiger partial charge in [-0.05, 0) is 43.2 Å². The van der Waals surface area contributed by atoms with Gasteiger partial charge in [-0.25, -0.2) is 0 Å². The first kappa shape index (κ1) is 16.0. The number of piperidine rings is 1. The lowest BCUT2D eigenvalue weighted by Gasteiger charge is -2.38. The molecule has 2 heteroatoms. The number of hydrogen-bond donors (Lipinski definition) is 1. The molecule has 0 aromatic heterocycles. The smallest absolute Gasteiger partial charge is 0.0234 e. The Morgan fingerprint density at radius 1 is 1.05 bits per heavy atom. The van der Waals surface area contributed by atoms with Gasteiger partial charge in [-0.1, -0.05) is 56.5 Å². The third kappa shape index (κ3) is 4.57. The van der Waals surface area contributed by atoms with Crippen LogP contribution in [0.25, 0.3) is 0 Å². The van der Waals surface area contributed by atoms with Crippen LogP contribution in [0.3, 0.4) is 0 Å². The molecule has 1 saturated carbocycles. The number of benzene rings is 1. The van der Waals surface area contributed by atoms with Crippen molar-refractivity contribution in [2.45, 2.75) is 58.0 Å². The second kappa shape index (κ2) is 8.12. The summed E-state index contributed by atoms with van der Waals surface area (Å²) in [6.45, 7) is 7.20. The molecular formula is C20H32N2. The molecule has 122 valence electrons. The second-order valence-corrected chi connectivity index (χ2v) is 7.45. The summed E-state index contributed by atoms with van der Waals surface area (Å²) in [7, 11) is 0. The number of hydrogen-bond acceptors (Lipinski definition) is 2. The quantitative estimate of drug-likeness (QED) is 0.852. The van der Waals surface area contributed by atoms with Crippen LogP contribution in [0.4, 0.5) is 0 Å². The van der Waals surface area contributed by atoms with Crippen molar-refractivity contribution in [2.75, 3.05) is 19.6 Å². The van der Waals surface area contributed by atoms with Gasteiger partial charge in [0.05, 0.1) is 0 Å². The van der Waals surface area contributed by atoms with Crippen LogP contribution >= 0.6 is 0 Å². The molecule has 2 atom stereocenters. The molecule has 0 bridgehead atoms. The molecule has 1 aliphatic heterocycles. The minimum absolute atomic E-state index is 0.697. The minimum atomic E-state index is 0.697. The Morgan fingerprint density at radius 3 is 2.55 bits per heavy atom. The summed E-state index contributed by atoms with van der Waals surface area (Å²) >= 11 is 0. The summed E-state index contributed by atoms with van der Waals surface area (Å²) in [5.74, 6) is 1.81. The van der Waals surface area contributed by atoms with Crippen molar-refractivity contribution in [1.29, 1.82) is 0 Å². The molecule has 2 aliphatic rings. The van der Waals surface area contributed by atoms with E-state index in [0.29, 0.717) is 6.04 Å². The van der Waals surface area contributed by atoms with Gasteiger partial charge in [-0.15, -0.1) is 0 Å². The summed E-state index contributed by atoms with van der Waals surface area (Å²) in [6, 6.07) is 11.6. The molecule has 0 amide bonds. The van der Waals surface area contributed by atoms with Gasteiger partial charge >= 0.3 is 0 Å². The van der Waals surface area contributed by atoms with E-state index in [-0.39, 0.29) is 0 Å². The van der Waals surface area contributed by atoms with E-state index in [1.54, 1.807) is 0 Å². The fourth-order valence-corrected chi connectivity index (χ4v) is 4.26. The maximum absolute atomic E-state index is 3.90. The van der Waals surface area contributed by atoms with Gasteiger partial charge in [0, 0.05) is 25.7 Å². The van der Waals surface area contributed by atoms with Crippen molar-refractivity contribution in [1.82, 2.24) is 10.2 Å². The Balaban J connectivity index is 1.52. The molecule has 1 aromatic rings. The Bertz CT molecular complexity index is 425. The zero-order valence-corrected chi connectivity index (χ0v) is 14.1. The highest BCUT2D eigenvalue weighted by Gasteiger charge is 2.27. The van der Waals surface area contributed by atoms with Gasteiger partial charge in [-0.2, -0.15) is 0 Å². The molecule has 2 fully saturated rings. The van der Waals surface area contributed by atoms with Crippen LogP contribution in [0.5, 0.6) is 0 Å². The van der Waals surface area contributed by atoms with Crippen molar-refractivity contribution < 1.29 is 0 Å². The van der Waals surface area contributed by atoms with Crippen molar-refractivity contribution in [3.05, 3.63) is 35.9 Å². The fourth-order valence-electron chi connectivity index (χ4n) is 4.26. The second-order valence-electron chi connectivity index (χ2n) is 7.45. The van der Waals surface area contributed by atoms with Gasteiger partial charge in [0.2, 0.25) is 0 Å². The predicted molar refractivity (Wildman–Crippen MR) is 93.9 cm³/mol. The Hall–Kier alpha value is -0.860. The summed E-state index contributed by atoms with van der Waals surface area (Å²) in [5, 5.41) is 3.90. The first-order valence-corrected chi connectivity index (χ1v) is 9.33. The summed E-state index contributed by atoms with van der Waals surface area (Å²) in [4.78, 5) is 2.67. The number of likely N-dealkylation sites (tertiary alicyclic amines) is 1. The van der Waals surface area contributed by atoms with Gasteiger partial charge in [0.15, 0.2) is 0 Å². The van der Waals surface area contributed by atoms with E-state index in [9.17, 15) is 0 Å². The normalized spacial score (nSPS) is 27.3. The fraction of sp³-hybridized carbons (Fsp3) is 0.700. The lowest BCUT2D eigenvalue weighted by atomic mass is 9.91. The van der Waals surface area contributed by atoms with Gasteiger partial charge in [0.1, 0.15) is 0 Å². The van der Waals surface area contributed by atoms with Crippen LogP contribution in [0, 0.1) is 11.8 Å². The third-order valence-electron chi connectivity index (χ3n) is 5.61. The average molecular weight is 300 g/mol. The van der Waals surface area contributed by atoms with Crippen LogP contribution < -0.4 is 5.32 Å². The van der Waals surface area contributed by atoms with E-state index in [1.807, 2.05) is 0 Å². The summed E-state index contributed by atoms with van der Waals surface area (Å²) in [5.41, 5.74) is 1.45. The molecule has 1 heterocycles. The van der Waals surface area contributed by atoms with E-state index in [1.165, 1.54) is 63.7 Å². The number of nitrogens with zero attached hydrogens (tertiary/aromatic N) is 1. The van der Waals surface area contributed by atoms with Crippen LogP contribution in [-0.4, -0.2) is 30.6 Å². The van der Waals surface area contributed by atoms with E-state index < -0.39 is 0 Å². The zero-order valence-electron chi connectivity index (χ0n) is 14.1. The van der Waals surface area contributed by atoms with Crippen LogP contribution in [0.1, 0.15) is 51.0 Å². The molecule has 3 rings (SSSR count). The van der Waals surface area contributed by atoms with Gasteiger partial charge < -0.3 is 5.32 Å². The molecule has 0 radical (unpaired) electrons. The highest BCUT2D eigenvalue weighted by Crippen LogP contribution is 2.25. The van der Waals surface area contributed by atoms with Gasteiger partial charge in [0.25, 0.3) is 0 Å². The first-order chi connectivity index (χ1) is 10.8. The third-order valence-corrected chi connectivity index (χ3v) is 5.61. The highest BCUT2D eigenvalue weighted by atomic mass is 15.2. The summed E-state index contributed by atoms with van der Waals surface area (Å²) in [6.07, 6.45) is 8.49. The topological polar surface area (TPSA) is 15.3 Å². The van der Waals surface area contributed by atoms with Crippen molar-refractivity contribution in [3.63, 3.8) is 0 Å². The van der Waals surface area contributed by atoms with Crippen molar-refractivity contribution in [3.8, 4) is 0 Å². The predicted octanol–water partition coefficient (Wildman–Crippen LogP) is 4.07. The highest BCUT2D eigenvalue weighted by molar-refractivity contribution is 5.14. The van der Waals surface area contributed by atoms with E-state index in [4.69, 9.17) is 0 Å². The van der Waals surface area contributed by atoms with E-state index >= 15 is 0 Å². The largest absolute Gasteiger partial charge is 0.312 e. The zero-order chi connectivity index (χ0) is 15.2. The molecule has 22 heavy (non-hydrogen) atoms. The summed E-state index contributed by atoms with van der Waals surface area (Å²) < 4.78 is 0. The molecule has 1 aromatic carbocycles. The van der Waals surface area contributed by atoms with Crippen molar-refractivity contribution in [2.24, 2.45) is 11.8 Å². The SMILES string of the molecule is CCC1CC(NCC2CCCC2)CN(Cc2ccccc2)C1. The molecular weight excluding hydrogens is 268 g/mol. The molecule has 1 aliphatic carbocycles. The molecule has 1 saturated heterocycles. The minimum Gasteiger partial charge on any atom is -0.312 e. The lowest BCUT2D eigenvalue weighted by Crippen LogP contribution is -2.49. The van der Waals surface area contributed by atoms with Crippen LogP contribution in [0.15, 0.2) is 30.3 Å². The first-order valence-electron chi connectivity index (χ1n) is 9.33. The Labute approximate surface area is 136 Å². The Kier molecular flexibility index (Phi) is 5.91. The van der Waals surface area contributed by atoms with Crippen LogP contribution in [-0.2, 0) is 6.54 Å². The lowest BCUT2D eigenvalue weighted by molar-refractivity contribution is 0.130. The average Bonchev–Trinajstić information content (AvgIpc) is 3.07. The monoisotopic (exact) mass is 300 g/mol. The van der Waals surface area contributed by atoms with E-state index in [2.05, 4.69) is 47.5 Å². The maximum atomic E-state index is 3.90. The Morgan fingerprint density at radius 2 is 1.82 bits per heavy atom. The molecule has 2 nitrogen and oxygen atoms in total. The van der Waals surface area contributed by atoms with Crippen LogP contribution in [0.2, 0.25) is 0 Å².